The summed E-state index contributed by atoms with van der Waals surface area (Å²) in [6.45, 7) is 1.45. The predicted octanol–water partition coefficient (Wildman–Crippen LogP) is 2.24. The van der Waals surface area contributed by atoms with Crippen LogP contribution in [0.4, 0.5) is 0 Å². The predicted molar refractivity (Wildman–Crippen MR) is 63.3 cm³/mol. The average Bonchev–Trinajstić information content (AvgIpc) is 2.46. The van der Waals surface area contributed by atoms with Crippen molar-refractivity contribution < 1.29 is 4.21 Å². The maximum absolute atomic E-state index is 11.7. The Hall–Kier alpha value is -1.19. The number of nitrogens with zero attached hydrogens (tertiary/aromatic N) is 1. The Balaban J connectivity index is 2.08. The van der Waals surface area contributed by atoms with Crippen LogP contribution in [0.15, 0.2) is 54.0 Å². The molecule has 1 aliphatic rings. The second-order valence-corrected chi connectivity index (χ2v) is 4.68. The molecule has 1 unspecified atom stereocenters. The summed E-state index contributed by atoms with van der Waals surface area (Å²) in [6, 6.07) is 10.1. The van der Waals surface area contributed by atoms with Gasteiger partial charge in [-0.3, -0.25) is 0 Å². The van der Waals surface area contributed by atoms with E-state index in [0.29, 0.717) is 0 Å². The van der Waals surface area contributed by atoms with E-state index in [2.05, 4.69) is 12.1 Å². The fourth-order valence-corrected chi connectivity index (χ4v) is 2.35. The van der Waals surface area contributed by atoms with Crippen LogP contribution in [0.2, 0.25) is 0 Å². The molecule has 3 heteroatoms. The molecule has 0 fully saturated rings. The second kappa shape index (κ2) is 5.05. The van der Waals surface area contributed by atoms with Crippen LogP contribution in [0.3, 0.4) is 0 Å². The van der Waals surface area contributed by atoms with Crippen LogP contribution < -0.4 is 0 Å². The lowest BCUT2D eigenvalue weighted by atomic mass is 10.2. The van der Waals surface area contributed by atoms with Crippen molar-refractivity contribution in [3.05, 3.63) is 59.5 Å². The summed E-state index contributed by atoms with van der Waals surface area (Å²) < 4.78 is 13.7. The summed E-state index contributed by atoms with van der Waals surface area (Å²) in [7, 11) is -1.01. The molecular weight excluding hydrogens is 206 g/mol. The number of hydrogen-bond acceptors (Lipinski definition) is 1. The van der Waals surface area contributed by atoms with E-state index in [9.17, 15) is 4.21 Å². The van der Waals surface area contributed by atoms with E-state index in [-0.39, 0.29) is 0 Å². The SMILES string of the molecule is O=S1C=CC=CCN1Cc1ccccc1. The first-order valence-corrected chi connectivity index (χ1v) is 6.06. The quantitative estimate of drug-likeness (QED) is 0.747. The molecule has 0 saturated carbocycles. The Kier molecular flexibility index (Phi) is 3.48. The molecule has 2 rings (SSSR count). The van der Waals surface area contributed by atoms with Gasteiger partial charge in [-0.15, -0.1) is 0 Å². The van der Waals surface area contributed by atoms with Crippen molar-refractivity contribution in [3.63, 3.8) is 0 Å². The molecule has 2 nitrogen and oxygen atoms in total. The van der Waals surface area contributed by atoms with Gasteiger partial charge in [0.2, 0.25) is 0 Å². The van der Waals surface area contributed by atoms with Crippen LogP contribution >= 0.6 is 0 Å². The van der Waals surface area contributed by atoms with Gasteiger partial charge < -0.3 is 0 Å². The molecule has 0 radical (unpaired) electrons. The molecule has 0 N–H and O–H groups in total. The molecule has 15 heavy (non-hydrogen) atoms. The first kappa shape index (κ1) is 10.3. The topological polar surface area (TPSA) is 20.3 Å². The zero-order valence-electron chi connectivity index (χ0n) is 8.37. The zero-order valence-corrected chi connectivity index (χ0v) is 9.19. The van der Waals surface area contributed by atoms with Crippen LogP contribution in [0.25, 0.3) is 0 Å². The zero-order chi connectivity index (χ0) is 10.5. The van der Waals surface area contributed by atoms with E-state index in [0.717, 1.165) is 13.1 Å². The third-order valence-corrected chi connectivity index (χ3v) is 3.38. The minimum atomic E-state index is -1.01. The molecule has 1 aromatic carbocycles. The number of benzene rings is 1. The van der Waals surface area contributed by atoms with E-state index in [4.69, 9.17) is 0 Å². The van der Waals surface area contributed by atoms with Crippen LogP contribution in [-0.4, -0.2) is 15.1 Å². The molecule has 0 bridgehead atoms. The monoisotopic (exact) mass is 219 g/mol. The van der Waals surface area contributed by atoms with Crippen molar-refractivity contribution in [1.82, 2.24) is 4.31 Å². The second-order valence-electron chi connectivity index (χ2n) is 3.34. The van der Waals surface area contributed by atoms with Crippen molar-refractivity contribution in [2.75, 3.05) is 6.54 Å². The lowest BCUT2D eigenvalue weighted by molar-refractivity contribution is 0.487. The number of allylic oxidation sites excluding steroid dienone is 2. The largest absolute Gasteiger partial charge is 0.238 e. The third-order valence-electron chi connectivity index (χ3n) is 2.21. The van der Waals surface area contributed by atoms with Gasteiger partial charge in [0.25, 0.3) is 0 Å². The van der Waals surface area contributed by atoms with Gasteiger partial charge >= 0.3 is 0 Å². The summed E-state index contributed by atoms with van der Waals surface area (Å²) in [6.07, 6.45) is 5.79. The summed E-state index contributed by atoms with van der Waals surface area (Å²) >= 11 is 0. The van der Waals surface area contributed by atoms with E-state index in [1.807, 2.05) is 40.7 Å². The highest BCUT2D eigenvalue weighted by Crippen LogP contribution is 2.09. The van der Waals surface area contributed by atoms with Crippen molar-refractivity contribution in [2.45, 2.75) is 6.54 Å². The van der Waals surface area contributed by atoms with E-state index >= 15 is 0 Å². The molecule has 0 amide bonds. The first-order chi connectivity index (χ1) is 7.36. The van der Waals surface area contributed by atoms with Crippen LogP contribution in [0, 0.1) is 0 Å². The fourth-order valence-electron chi connectivity index (χ4n) is 1.44. The van der Waals surface area contributed by atoms with E-state index in [1.165, 1.54) is 5.56 Å². The first-order valence-electron chi connectivity index (χ1n) is 4.89. The molecule has 0 spiro atoms. The van der Waals surface area contributed by atoms with E-state index < -0.39 is 11.0 Å². The van der Waals surface area contributed by atoms with Gasteiger partial charge in [-0.2, -0.15) is 0 Å². The Labute approximate surface area is 92.5 Å². The van der Waals surface area contributed by atoms with E-state index in [1.54, 1.807) is 5.41 Å². The highest BCUT2D eigenvalue weighted by Gasteiger charge is 2.10. The van der Waals surface area contributed by atoms with Crippen molar-refractivity contribution in [1.29, 1.82) is 0 Å². The molecule has 1 aromatic rings. The molecule has 1 atom stereocenters. The molecule has 78 valence electrons. The summed E-state index contributed by atoms with van der Waals surface area (Å²) in [4.78, 5) is 0. The Bertz CT molecular complexity index is 397. The standard InChI is InChI=1S/C12H13NOS/c14-15-10-6-2-5-9-13(15)11-12-7-3-1-4-8-12/h1-8,10H,9,11H2. The van der Waals surface area contributed by atoms with Crippen LogP contribution in [0.1, 0.15) is 5.56 Å². The number of hydrogen-bond donors (Lipinski definition) is 0. The van der Waals surface area contributed by atoms with Crippen molar-refractivity contribution in [3.8, 4) is 0 Å². The van der Waals surface area contributed by atoms with Gasteiger partial charge in [-0.05, 0) is 5.56 Å². The minimum absolute atomic E-state index is 0.724. The average molecular weight is 219 g/mol. The smallest absolute Gasteiger partial charge is 0.120 e. The maximum atomic E-state index is 11.7. The molecule has 0 saturated heterocycles. The van der Waals surface area contributed by atoms with Gasteiger partial charge in [-0.25, -0.2) is 8.51 Å². The number of rotatable bonds is 2. The van der Waals surface area contributed by atoms with Crippen LogP contribution in [-0.2, 0) is 17.5 Å². The Morgan fingerprint density at radius 3 is 2.80 bits per heavy atom. The highest BCUT2D eigenvalue weighted by atomic mass is 32.2. The van der Waals surface area contributed by atoms with Gasteiger partial charge in [0.05, 0.1) is 0 Å². The highest BCUT2D eigenvalue weighted by molar-refractivity contribution is 7.85. The molecule has 1 aliphatic heterocycles. The van der Waals surface area contributed by atoms with Gasteiger partial charge in [0.1, 0.15) is 11.0 Å². The molecule has 1 heterocycles. The molecular formula is C12H13NOS. The Morgan fingerprint density at radius 2 is 2.00 bits per heavy atom. The summed E-state index contributed by atoms with van der Waals surface area (Å²) in [5.74, 6) is 0. The van der Waals surface area contributed by atoms with Gasteiger partial charge in [0.15, 0.2) is 0 Å². The van der Waals surface area contributed by atoms with Crippen molar-refractivity contribution in [2.24, 2.45) is 0 Å². The fraction of sp³-hybridized carbons (Fsp3) is 0.167. The van der Waals surface area contributed by atoms with Crippen molar-refractivity contribution >= 4 is 11.0 Å². The van der Waals surface area contributed by atoms with Gasteiger partial charge in [-0.1, -0.05) is 48.6 Å². The third kappa shape index (κ3) is 2.88. The lowest BCUT2D eigenvalue weighted by Crippen LogP contribution is -2.23. The lowest BCUT2D eigenvalue weighted by Gasteiger charge is -2.16. The molecule has 0 aromatic heterocycles. The minimum Gasteiger partial charge on any atom is -0.238 e. The van der Waals surface area contributed by atoms with Crippen LogP contribution in [0.5, 0.6) is 0 Å². The summed E-state index contributed by atoms with van der Waals surface area (Å²) in [5.41, 5.74) is 1.19. The van der Waals surface area contributed by atoms with Gasteiger partial charge in [0, 0.05) is 18.5 Å². The summed E-state index contributed by atoms with van der Waals surface area (Å²) in [5, 5.41) is 1.71. The maximum Gasteiger partial charge on any atom is 0.120 e. The molecule has 0 aliphatic carbocycles. The normalized spacial score (nSPS) is 21.5. The Morgan fingerprint density at radius 1 is 1.20 bits per heavy atom.